The maximum Gasteiger partial charge on any atom is 0.233 e. The molecule has 0 fully saturated rings. The van der Waals surface area contributed by atoms with Crippen molar-refractivity contribution in [3.05, 3.63) is 54.1 Å². The molecule has 4 rings (SSSR count). The monoisotopic (exact) mass is 383 g/mol. The summed E-state index contributed by atoms with van der Waals surface area (Å²) in [6, 6.07) is 15.2. The van der Waals surface area contributed by atoms with Gasteiger partial charge in [0.25, 0.3) is 0 Å². The van der Waals surface area contributed by atoms with E-state index in [9.17, 15) is 4.79 Å². The van der Waals surface area contributed by atoms with Gasteiger partial charge in [-0.1, -0.05) is 36.0 Å². The van der Waals surface area contributed by atoms with E-state index in [0.29, 0.717) is 17.5 Å². The summed E-state index contributed by atoms with van der Waals surface area (Å²) < 4.78 is 12.3. The fourth-order valence-electron chi connectivity index (χ4n) is 2.58. The van der Waals surface area contributed by atoms with Crippen LogP contribution < -0.4 is 14.8 Å². The highest BCUT2D eigenvalue weighted by atomic mass is 32.2. The van der Waals surface area contributed by atoms with Gasteiger partial charge in [-0.05, 0) is 47.2 Å². The largest absolute Gasteiger partial charge is 0.454 e. The Morgan fingerprint density at radius 1 is 1.22 bits per heavy atom. The van der Waals surface area contributed by atoms with Gasteiger partial charge < -0.3 is 14.8 Å². The van der Waals surface area contributed by atoms with Crippen LogP contribution in [0, 0.1) is 0 Å². The van der Waals surface area contributed by atoms with Gasteiger partial charge in [-0.15, -0.1) is 5.10 Å². The Balaban J connectivity index is 1.37. The van der Waals surface area contributed by atoms with Crippen LogP contribution in [-0.4, -0.2) is 38.2 Å². The second-order valence-corrected chi connectivity index (χ2v) is 7.18. The van der Waals surface area contributed by atoms with E-state index in [1.54, 1.807) is 4.68 Å². The molecule has 1 N–H and O–H groups in total. The van der Waals surface area contributed by atoms with Crippen LogP contribution in [0.1, 0.15) is 12.5 Å². The van der Waals surface area contributed by atoms with Crippen LogP contribution in [0.15, 0.2) is 53.7 Å². The molecule has 9 heteroatoms. The number of fused-ring (bicyclic) bond motifs is 1. The molecule has 0 radical (unpaired) electrons. The number of nitrogens with one attached hydrogen (secondary N) is 1. The number of carbonyl (C=O) groups excluding carboxylic acids is 1. The zero-order valence-corrected chi connectivity index (χ0v) is 15.3. The Morgan fingerprint density at radius 2 is 2.04 bits per heavy atom. The highest BCUT2D eigenvalue weighted by Crippen LogP contribution is 2.32. The first-order valence-corrected chi connectivity index (χ1v) is 9.25. The molecule has 138 valence electrons. The van der Waals surface area contributed by atoms with Crippen LogP contribution in [0.25, 0.3) is 5.69 Å². The van der Waals surface area contributed by atoms with Gasteiger partial charge >= 0.3 is 0 Å². The van der Waals surface area contributed by atoms with Crippen LogP contribution in [0.5, 0.6) is 11.5 Å². The van der Waals surface area contributed by atoms with E-state index in [-0.39, 0.29) is 18.0 Å². The minimum Gasteiger partial charge on any atom is -0.454 e. The Labute approximate surface area is 159 Å². The Kier molecular flexibility index (Phi) is 4.93. The maximum atomic E-state index is 12.5. The van der Waals surface area contributed by atoms with Gasteiger partial charge in [0.05, 0.1) is 10.9 Å². The van der Waals surface area contributed by atoms with E-state index in [1.165, 1.54) is 11.8 Å². The summed E-state index contributed by atoms with van der Waals surface area (Å²) in [6.45, 7) is 2.46. The van der Waals surface area contributed by atoms with Gasteiger partial charge in [0.15, 0.2) is 11.5 Å². The van der Waals surface area contributed by atoms with Crippen LogP contribution >= 0.6 is 11.8 Å². The summed E-state index contributed by atoms with van der Waals surface area (Å²) in [5.41, 5.74) is 1.79. The third-order valence-electron chi connectivity index (χ3n) is 4.00. The number of ether oxygens (including phenoxy) is 2. The molecule has 1 aromatic heterocycles. The van der Waals surface area contributed by atoms with Crippen LogP contribution in [0.3, 0.4) is 0 Å². The van der Waals surface area contributed by atoms with Gasteiger partial charge in [0.1, 0.15) is 0 Å². The van der Waals surface area contributed by atoms with Crippen molar-refractivity contribution in [1.29, 1.82) is 0 Å². The van der Waals surface area contributed by atoms with E-state index >= 15 is 0 Å². The lowest BCUT2D eigenvalue weighted by Gasteiger charge is -2.12. The van der Waals surface area contributed by atoms with Crippen molar-refractivity contribution >= 4 is 17.7 Å². The summed E-state index contributed by atoms with van der Waals surface area (Å²) in [5.74, 6) is 1.33. The number of benzene rings is 2. The first-order valence-electron chi connectivity index (χ1n) is 8.37. The zero-order valence-electron chi connectivity index (χ0n) is 14.5. The van der Waals surface area contributed by atoms with E-state index in [4.69, 9.17) is 9.47 Å². The van der Waals surface area contributed by atoms with Gasteiger partial charge in [0, 0.05) is 6.54 Å². The van der Waals surface area contributed by atoms with Crippen molar-refractivity contribution < 1.29 is 14.3 Å². The molecule has 0 saturated carbocycles. The number of rotatable bonds is 6. The number of para-hydroxylation sites is 1. The van der Waals surface area contributed by atoms with E-state index < -0.39 is 0 Å². The van der Waals surface area contributed by atoms with Crippen LogP contribution in [0.2, 0.25) is 0 Å². The van der Waals surface area contributed by atoms with Crippen LogP contribution in [-0.2, 0) is 11.3 Å². The molecular weight excluding hydrogens is 366 g/mol. The third kappa shape index (κ3) is 3.87. The number of nitrogens with zero attached hydrogens (tertiary/aromatic N) is 4. The number of tetrazole rings is 1. The Bertz CT molecular complexity index is 947. The molecule has 27 heavy (non-hydrogen) atoms. The second kappa shape index (κ2) is 7.67. The zero-order chi connectivity index (χ0) is 18.6. The molecule has 3 aromatic rings. The normalized spacial score (nSPS) is 13.4. The standard InChI is InChI=1S/C18H17N5O3S/c1-12(27-18-20-21-22-23(18)14-5-3-2-4-6-14)17(24)19-10-13-7-8-15-16(9-13)26-11-25-15/h2-9,12H,10-11H2,1H3,(H,19,24). The van der Waals surface area contributed by atoms with Crippen molar-refractivity contribution in [1.82, 2.24) is 25.5 Å². The molecule has 0 spiro atoms. The average Bonchev–Trinajstić information content (AvgIpc) is 3.35. The third-order valence-corrected chi connectivity index (χ3v) is 5.03. The summed E-state index contributed by atoms with van der Waals surface area (Å²) >= 11 is 1.31. The summed E-state index contributed by atoms with van der Waals surface area (Å²) in [4.78, 5) is 12.5. The number of hydrogen-bond acceptors (Lipinski definition) is 7. The molecule has 0 saturated heterocycles. The molecule has 8 nitrogen and oxygen atoms in total. The maximum absolute atomic E-state index is 12.5. The summed E-state index contributed by atoms with van der Waals surface area (Å²) in [5, 5.41) is 14.9. The molecule has 1 unspecified atom stereocenters. The van der Waals surface area contributed by atoms with Crippen molar-refractivity contribution in [3.63, 3.8) is 0 Å². The quantitative estimate of drug-likeness (QED) is 0.653. The lowest BCUT2D eigenvalue weighted by atomic mass is 10.2. The first kappa shape index (κ1) is 17.3. The SMILES string of the molecule is CC(Sc1nnnn1-c1ccccc1)C(=O)NCc1ccc2c(c1)OCO2. The van der Waals surface area contributed by atoms with Gasteiger partial charge in [-0.25, -0.2) is 0 Å². The van der Waals surface area contributed by atoms with Crippen molar-refractivity contribution in [2.45, 2.75) is 23.9 Å². The van der Waals surface area contributed by atoms with Crippen molar-refractivity contribution in [2.24, 2.45) is 0 Å². The fourth-order valence-corrected chi connectivity index (χ4v) is 3.41. The highest BCUT2D eigenvalue weighted by Gasteiger charge is 2.19. The lowest BCUT2D eigenvalue weighted by Crippen LogP contribution is -2.30. The molecule has 2 aromatic carbocycles. The Morgan fingerprint density at radius 3 is 2.89 bits per heavy atom. The number of aromatic nitrogens is 4. The summed E-state index contributed by atoms with van der Waals surface area (Å²) in [6.07, 6.45) is 0. The average molecular weight is 383 g/mol. The molecule has 0 aliphatic carbocycles. The summed E-state index contributed by atoms with van der Waals surface area (Å²) in [7, 11) is 0. The second-order valence-electron chi connectivity index (χ2n) is 5.87. The Hall–Kier alpha value is -3.07. The fraction of sp³-hybridized carbons (Fsp3) is 0.222. The highest BCUT2D eigenvalue weighted by molar-refractivity contribution is 8.00. The van der Waals surface area contributed by atoms with Gasteiger partial charge in [-0.3, -0.25) is 4.79 Å². The van der Waals surface area contributed by atoms with Crippen molar-refractivity contribution in [2.75, 3.05) is 6.79 Å². The van der Waals surface area contributed by atoms with Crippen molar-refractivity contribution in [3.8, 4) is 17.2 Å². The molecule has 0 bridgehead atoms. The molecule has 1 amide bonds. The van der Waals surface area contributed by atoms with E-state index in [2.05, 4.69) is 20.8 Å². The molecule has 1 aliphatic heterocycles. The first-order chi connectivity index (χ1) is 13.2. The number of carbonyl (C=O) groups is 1. The molecule has 2 heterocycles. The predicted molar refractivity (Wildman–Crippen MR) is 98.9 cm³/mol. The van der Waals surface area contributed by atoms with Gasteiger partial charge in [-0.2, -0.15) is 4.68 Å². The topological polar surface area (TPSA) is 91.2 Å². The minimum atomic E-state index is -0.354. The van der Waals surface area contributed by atoms with Crippen LogP contribution in [0.4, 0.5) is 0 Å². The molecule has 1 atom stereocenters. The smallest absolute Gasteiger partial charge is 0.233 e. The number of hydrogen-bond donors (Lipinski definition) is 1. The predicted octanol–water partition coefficient (Wildman–Crippen LogP) is 2.19. The molecular formula is C18H17N5O3S. The number of amides is 1. The van der Waals surface area contributed by atoms with E-state index in [1.807, 2.05) is 55.5 Å². The number of thioether (sulfide) groups is 1. The van der Waals surface area contributed by atoms with E-state index in [0.717, 1.165) is 17.0 Å². The minimum absolute atomic E-state index is 0.0970. The molecule has 1 aliphatic rings. The lowest BCUT2D eigenvalue weighted by molar-refractivity contribution is -0.120. The van der Waals surface area contributed by atoms with Gasteiger partial charge in [0.2, 0.25) is 17.9 Å².